The third-order valence-corrected chi connectivity index (χ3v) is 3.41. The van der Waals surface area contributed by atoms with Crippen LogP contribution in [0.4, 0.5) is 0 Å². The summed E-state index contributed by atoms with van der Waals surface area (Å²) in [4.78, 5) is 25.0. The quantitative estimate of drug-likeness (QED) is 0.767. The number of likely N-dealkylation sites (tertiary alicyclic amines) is 1. The van der Waals surface area contributed by atoms with Gasteiger partial charge in [-0.1, -0.05) is 12.8 Å². The minimum atomic E-state index is -0.929. The molecule has 0 radical (unpaired) electrons. The van der Waals surface area contributed by atoms with E-state index < -0.39 is 18.1 Å². The summed E-state index contributed by atoms with van der Waals surface area (Å²) in [5, 5.41) is 9.21. The number of carboxylic acid groups (broad SMARTS) is 1. The van der Waals surface area contributed by atoms with E-state index in [1.807, 2.05) is 0 Å². The van der Waals surface area contributed by atoms with Crippen LogP contribution in [0.5, 0.6) is 0 Å². The zero-order valence-electron chi connectivity index (χ0n) is 10.3. The molecule has 0 saturated carbocycles. The maximum absolute atomic E-state index is 12.3. The van der Waals surface area contributed by atoms with Crippen LogP contribution in [0, 0.1) is 0 Å². The van der Waals surface area contributed by atoms with E-state index in [0.29, 0.717) is 26.2 Å². The average Bonchev–Trinajstić information content (AvgIpc) is 2.64. The number of aliphatic carboxylic acids is 1. The lowest BCUT2D eigenvalue weighted by molar-refractivity contribution is -0.165. The van der Waals surface area contributed by atoms with Gasteiger partial charge >= 0.3 is 5.97 Å². The lowest BCUT2D eigenvalue weighted by Crippen LogP contribution is -2.51. The number of hydrogen-bond donors (Lipinski definition) is 1. The van der Waals surface area contributed by atoms with Crippen LogP contribution in [0.1, 0.15) is 25.7 Å². The number of ether oxygens (including phenoxy) is 2. The Kier molecular flexibility index (Phi) is 4.54. The first kappa shape index (κ1) is 13.3. The van der Waals surface area contributed by atoms with Gasteiger partial charge in [0.15, 0.2) is 6.10 Å². The Morgan fingerprint density at radius 1 is 1.17 bits per heavy atom. The van der Waals surface area contributed by atoms with Crippen molar-refractivity contribution in [1.82, 2.24) is 4.90 Å². The maximum atomic E-state index is 12.3. The van der Waals surface area contributed by atoms with Gasteiger partial charge < -0.3 is 19.5 Å². The summed E-state index contributed by atoms with van der Waals surface area (Å²) in [6.45, 7) is 1.60. The number of rotatable bonds is 2. The second-order valence-electron chi connectivity index (χ2n) is 4.67. The number of nitrogens with zero attached hydrogens (tertiary/aromatic N) is 1. The van der Waals surface area contributed by atoms with Gasteiger partial charge in [0.25, 0.3) is 5.91 Å². The molecule has 0 aromatic heterocycles. The highest BCUT2D eigenvalue weighted by Crippen LogP contribution is 2.19. The lowest BCUT2D eigenvalue weighted by atomic mass is 10.1. The first-order chi connectivity index (χ1) is 8.70. The molecule has 1 amide bonds. The van der Waals surface area contributed by atoms with E-state index >= 15 is 0 Å². The fraction of sp³-hybridized carbons (Fsp3) is 0.833. The molecule has 0 spiro atoms. The SMILES string of the molecule is O=C(O)C1CCCCCN1C(=O)C1COCCO1. The Bertz CT molecular complexity index is 314. The van der Waals surface area contributed by atoms with E-state index in [1.165, 1.54) is 4.90 Å². The lowest BCUT2D eigenvalue weighted by Gasteiger charge is -2.32. The van der Waals surface area contributed by atoms with Crippen molar-refractivity contribution >= 4 is 11.9 Å². The predicted octanol–water partition coefficient (Wildman–Crippen LogP) is 0.258. The van der Waals surface area contributed by atoms with Crippen molar-refractivity contribution in [3.63, 3.8) is 0 Å². The van der Waals surface area contributed by atoms with Gasteiger partial charge in [-0.2, -0.15) is 0 Å². The monoisotopic (exact) mass is 257 g/mol. The summed E-state index contributed by atoms with van der Waals surface area (Å²) in [7, 11) is 0. The average molecular weight is 257 g/mol. The maximum Gasteiger partial charge on any atom is 0.326 e. The molecule has 6 nitrogen and oxygen atoms in total. The Labute approximate surface area is 106 Å². The van der Waals surface area contributed by atoms with E-state index in [2.05, 4.69) is 0 Å². The van der Waals surface area contributed by atoms with Gasteiger partial charge in [-0.05, 0) is 12.8 Å². The van der Waals surface area contributed by atoms with Crippen LogP contribution in [-0.4, -0.2) is 60.4 Å². The third-order valence-electron chi connectivity index (χ3n) is 3.41. The Morgan fingerprint density at radius 3 is 2.67 bits per heavy atom. The second-order valence-corrected chi connectivity index (χ2v) is 4.67. The molecule has 102 valence electrons. The number of carbonyl (C=O) groups is 2. The van der Waals surface area contributed by atoms with Crippen molar-refractivity contribution < 1.29 is 24.2 Å². The van der Waals surface area contributed by atoms with Crippen LogP contribution in [0.3, 0.4) is 0 Å². The normalized spacial score (nSPS) is 29.7. The van der Waals surface area contributed by atoms with Gasteiger partial charge in [-0.25, -0.2) is 4.79 Å². The molecule has 0 bridgehead atoms. The standard InChI is InChI=1S/C12H19NO5/c14-11(10-8-17-6-7-18-10)13-5-3-1-2-4-9(13)12(15)16/h9-10H,1-8H2,(H,15,16). The summed E-state index contributed by atoms with van der Waals surface area (Å²) >= 11 is 0. The number of hydrogen-bond acceptors (Lipinski definition) is 4. The topological polar surface area (TPSA) is 76.1 Å². The molecule has 1 N–H and O–H groups in total. The summed E-state index contributed by atoms with van der Waals surface area (Å²) < 4.78 is 10.6. The zero-order chi connectivity index (χ0) is 13.0. The molecule has 2 rings (SSSR count). The van der Waals surface area contributed by atoms with Crippen molar-refractivity contribution in [3.05, 3.63) is 0 Å². The molecule has 2 unspecified atom stereocenters. The first-order valence-electron chi connectivity index (χ1n) is 6.43. The molecule has 0 aliphatic carbocycles. The summed E-state index contributed by atoms with van der Waals surface area (Å²) in [5.41, 5.74) is 0. The van der Waals surface area contributed by atoms with Gasteiger partial charge in [-0.15, -0.1) is 0 Å². The highest BCUT2D eigenvalue weighted by Gasteiger charge is 2.35. The van der Waals surface area contributed by atoms with Crippen LogP contribution in [-0.2, 0) is 19.1 Å². The van der Waals surface area contributed by atoms with E-state index in [-0.39, 0.29) is 12.5 Å². The minimum Gasteiger partial charge on any atom is -0.480 e. The van der Waals surface area contributed by atoms with Crippen molar-refractivity contribution in [2.75, 3.05) is 26.4 Å². The number of amides is 1. The van der Waals surface area contributed by atoms with Gasteiger partial charge in [0, 0.05) is 6.54 Å². The molecule has 18 heavy (non-hydrogen) atoms. The predicted molar refractivity (Wildman–Crippen MR) is 62.2 cm³/mol. The second kappa shape index (κ2) is 6.15. The van der Waals surface area contributed by atoms with Gasteiger partial charge in [0.2, 0.25) is 0 Å². The highest BCUT2D eigenvalue weighted by atomic mass is 16.6. The summed E-state index contributed by atoms with van der Waals surface area (Å²) in [6.07, 6.45) is 2.55. The molecule has 2 aliphatic heterocycles. The van der Waals surface area contributed by atoms with Crippen LogP contribution in [0.25, 0.3) is 0 Å². The molecule has 2 aliphatic rings. The third kappa shape index (κ3) is 3.00. The fourth-order valence-corrected chi connectivity index (χ4v) is 2.44. The van der Waals surface area contributed by atoms with E-state index in [0.717, 1.165) is 19.3 Å². The summed E-state index contributed by atoms with van der Waals surface area (Å²) in [6, 6.07) is -0.717. The zero-order valence-corrected chi connectivity index (χ0v) is 10.3. The van der Waals surface area contributed by atoms with Gasteiger partial charge in [-0.3, -0.25) is 4.79 Å². The molecule has 2 heterocycles. The van der Waals surface area contributed by atoms with Gasteiger partial charge in [0.05, 0.1) is 19.8 Å². The molecule has 2 atom stereocenters. The molecule has 0 aromatic rings. The molecule has 6 heteroatoms. The van der Waals surface area contributed by atoms with Crippen molar-refractivity contribution in [1.29, 1.82) is 0 Å². The Morgan fingerprint density at radius 2 is 2.00 bits per heavy atom. The smallest absolute Gasteiger partial charge is 0.326 e. The van der Waals surface area contributed by atoms with Crippen molar-refractivity contribution in [2.24, 2.45) is 0 Å². The van der Waals surface area contributed by atoms with E-state index in [1.54, 1.807) is 0 Å². The minimum absolute atomic E-state index is 0.224. The van der Waals surface area contributed by atoms with E-state index in [9.17, 15) is 14.7 Å². The van der Waals surface area contributed by atoms with E-state index in [4.69, 9.17) is 9.47 Å². The number of carboxylic acids is 1. The fourth-order valence-electron chi connectivity index (χ4n) is 2.44. The Hall–Kier alpha value is -1.14. The van der Waals surface area contributed by atoms with Crippen LogP contribution in [0.15, 0.2) is 0 Å². The first-order valence-corrected chi connectivity index (χ1v) is 6.43. The Balaban J connectivity index is 2.06. The number of carbonyl (C=O) groups excluding carboxylic acids is 1. The molecule has 0 aromatic carbocycles. The molecule has 2 saturated heterocycles. The molecular weight excluding hydrogens is 238 g/mol. The summed E-state index contributed by atoms with van der Waals surface area (Å²) in [5.74, 6) is -1.18. The van der Waals surface area contributed by atoms with Crippen molar-refractivity contribution in [2.45, 2.75) is 37.8 Å². The van der Waals surface area contributed by atoms with Crippen molar-refractivity contribution in [3.8, 4) is 0 Å². The van der Waals surface area contributed by atoms with Crippen LogP contribution in [0.2, 0.25) is 0 Å². The highest BCUT2D eigenvalue weighted by molar-refractivity contribution is 5.86. The van der Waals surface area contributed by atoms with Crippen LogP contribution >= 0.6 is 0 Å². The van der Waals surface area contributed by atoms with Gasteiger partial charge in [0.1, 0.15) is 6.04 Å². The largest absolute Gasteiger partial charge is 0.480 e. The molecular formula is C12H19NO5. The van der Waals surface area contributed by atoms with Crippen LogP contribution < -0.4 is 0 Å². The molecule has 2 fully saturated rings.